The largest absolute Gasteiger partial charge is 0.391 e. The minimum Gasteiger partial charge on any atom is -0.391 e. The van der Waals surface area contributed by atoms with Crippen molar-refractivity contribution in [2.24, 2.45) is 0 Å². The fraction of sp³-hybridized carbons (Fsp3) is 0.833. The van der Waals surface area contributed by atoms with Crippen LogP contribution in [0, 0.1) is 0 Å². The van der Waals surface area contributed by atoms with Gasteiger partial charge in [-0.1, -0.05) is 33.6 Å². The van der Waals surface area contributed by atoms with Crippen LogP contribution in [0.1, 0.15) is 46.5 Å². The van der Waals surface area contributed by atoms with Crippen LogP contribution in [0.4, 0.5) is 0 Å². The van der Waals surface area contributed by atoms with Crippen LogP contribution in [-0.4, -0.2) is 21.8 Å². The maximum absolute atomic E-state index is 5.91. The fourth-order valence-electron chi connectivity index (χ4n) is 1.29. The first-order chi connectivity index (χ1) is 7.24. The predicted molar refractivity (Wildman–Crippen MR) is 68.2 cm³/mol. The summed E-state index contributed by atoms with van der Waals surface area (Å²) in [6, 6.07) is 0.962. The summed E-state index contributed by atoms with van der Waals surface area (Å²) < 4.78 is 11.8. The molecule has 2 nitrogen and oxygen atoms in total. The number of hydrogen-bond donors (Lipinski definition) is 0. The maximum atomic E-state index is 5.91. The lowest BCUT2D eigenvalue weighted by atomic mass is 10.4. The minimum atomic E-state index is -2.05. The predicted octanol–water partition coefficient (Wildman–Crippen LogP) is 3.81. The smallest absolute Gasteiger partial charge is 0.364 e. The monoisotopic (exact) mass is 230 g/mol. The summed E-state index contributed by atoms with van der Waals surface area (Å²) in [6.45, 7) is 12.0. The lowest BCUT2D eigenvalue weighted by Crippen LogP contribution is -2.40. The highest BCUT2D eigenvalue weighted by atomic mass is 28.4. The van der Waals surface area contributed by atoms with Gasteiger partial charge in [-0.2, -0.15) is 0 Å². The number of hydrogen-bond acceptors (Lipinski definition) is 2. The molecule has 0 heterocycles. The van der Waals surface area contributed by atoms with E-state index in [0.717, 1.165) is 32.1 Å². The Kier molecular flexibility index (Phi) is 9.05. The Hall–Kier alpha value is -0.123. The highest BCUT2D eigenvalue weighted by Gasteiger charge is 2.31. The Morgan fingerprint density at radius 3 is 1.73 bits per heavy atom. The van der Waals surface area contributed by atoms with Crippen LogP contribution in [0.2, 0.25) is 6.04 Å². The van der Waals surface area contributed by atoms with Gasteiger partial charge < -0.3 is 8.85 Å². The lowest BCUT2D eigenvalue weighted by molar-refractivity contribution is 0.175. The molecule has 0 aromatic rings. The normalized spacial score (nSPS) is 11.7. The lowest BCUT2D eigenvalue weighted by Gasteiger charge is -2.26. The molecule has 0 radical (unpaired) electrons. The summed E-state index contributed by atoms with van der Waals surface area (Å²) in [5, 5.41) is 0. The summed E-state index contributed by atoms with van der Waals surface area (Å²) in [6.07, 6.45) is 4.56. The average Bonchev–Trinajstić information content (AvgIpc) is 2.28. The summed E-state index contributed by atoms with van der Waals surface area (Å²) in [5.74, 6) is 0. The van der Waals surface area contributed by atoms with Gasteiger partial charge in [-0.3, -0.25) is 0 Å². The topological polar surface area (TPSA) is 18.5 Å². The van der Waals surface area contributed by atoms with Crippen molar-refractivity contribution >= 4 is 8.56 Å². The minimum absolute atomic E-state index is 0.814. The van der Waals surface area contributed by atoms with E-state index in [1.54, 1.807) is 0 Å². The molecule has 0 aromatic carbocycles. The van der Waals surface area contributed by atoms with Crippen molar-refractivity contribution < 1.29 is 8.85 Å². The second-order valence-corrected chi connectivity index (χ2v) is 7.09. The quantitative estimate of drug-likeness (QED) is 0.420. The van der Waals surface area contributed by atoms with Crippen LogP contribution in [0.5, 0.6) is 0 Å². The van der Waals surface area contributed by atoms with E-state index in [0.29, 0.717) is 0 Å². The summed E-state index contributed by atoms with van der Waals surface area (Å²) in [5.41, 5.74) is 1.93. The molecule has 0 rings (SSSR count). The molecule has 3 heteroatoms. The summed E-state index contributed by atoms with van der Waals surface area (Å²) >= 11 is 0. The average molecular weight is 230 g/mol. The molecule has 0 aromatic heterocycles. The van der Waals surface area contributed by atoms with Crippen LogP contribution < -0.4 is 0 Å². The number of unbranched alkanes of at least 4 members (excludes halogenated alkanes) is 2. The summed E-state index contributed by atoms with van der Waals surface area (Å²) in [4.78, 5) is 0. The van der Waals surface area contributed by atoms with Gasteiger partial charge in [0.15, 0.2) is 0 Å². The molecule has 0 aliphatic heterocycles. The van der Waals surface area contributed by atoms with E-state index in [1.807, 2.05) is 5.70 Å². The second-order valence-electron chi connectivity index (χ2n) is 3.77. The van der Waals surface area contributed by atoms with Crippen molar-refractivity contribution in [3.63, 3.8) is 0 Å². The Morgan fingerprint density at radius 1 is 1.00 bits per heavy atom. The van der Waals surface area contributed by atoms with Gasteiger partial charge in [0.05, 0.1) is 0 Å². The van der Waals surface area contributed by atoms with Gasteiger partial charge in [-0.05, 0) is 24.6 Å². The van der Waals surface area contributed by atoms with E-state index in [2.05, 4.69) is 27.4 Å². The van der Waals surface area contributed by atoms with Gasteiger partial charge in [0, 0.05) is 13.2 Å². The standard InChI is InChI=1S/C12H26O2Si/c1-5-9-11-13-15(7-3,8-4)14-12-10-6-2/h7H,3,5-6,8-12H2,1-2,4H3. The molecular formula is C12H26O2Si. The summed E-state index contributed by atoms with van der Waals surface area (Å²) in [7, 11) is -2.05. The number of rotatable bonds is 10. The SMILES string of the molecule is C=C[Si](CC)(OCCCC)OCCCC. The van der Waals surface area contributed by atoms with Crippen molar-refractivity contribution in [2.45, 2.75) is 52.5 Å². The molecule has 0 saturated carbocycles. The Morgan fingerprint density at radius 2 is 1.47 bits per heavy atom. The first-order valence-electron chi connectivity index (χ1n) is 6.16. The highest BCUT2D eigenvalue weighted by Crippen LogP contribution is 2.16. The molecule has 0 spiro atoms. The van der Waals surface area contributed by atoms with E-state index in [1.165, 1.54) is 12.8 Å². The molecule has 0 atom stereocenters. The zero-order chi connectivity index (χ0) is 11.6. The fourth-order valence-corrected chi connectivity index (χ4v) is 3.28. The molecule has 0 saturated heterocycles. The molecule has 90 valence electrons. The molecule has 0 unspecified atom stereocenters. The van der Waals surface area contributed by atoms with Gasteiger partial charge in [0.1, 0.15) is 0 Å². The van der Waals surface area contributed by atoms with Crippen molar-refractivity contribution in [1.29, 1.82) is 0 Å². The van der Waals surface area contributed by atoms with E-state index in [4.69, 9.17) is 8.85 Å². The van der Waals surface area contributed by atoms with Crippen LogP contribution in [0.3, 0.4) is 0 Å². The van der Waals surface area contributed by atoms with Crippen LogP contribution >= 0.6 is 0 Å². The first-order valence-corrected chi connectivity index (χ1v) is 8.26. The zero-order valence-corrected chi connectivity index (χ0v) is 11.6. The molecule has 0 bridgehead atoms. The van der Waals surface area contributed by atoms with E-state index < -0.39 is 8.56 Å². The molecule has 0 amide bonds. The van der Waals surface area contributed by atoms with Gasteiger partial charge in [0.2, 0.25) is 0 Å². The zero-order valence-electron chi connectivity index (χ0n) is 10.6. The van der Waals surface area contributed by atoms with Crippen molar-refractivity contribution in [2.75, 3.05) is 13.2 Å². The Balaban J connectivity index is 3.99. The third kappa shape index (κ3) is 6.13. The third-order valence-corrected chi connectivity index (χ3v) is 5.49. The molecule has 0 fully saturated rings. The van der Waals surface area contributed by atoms with E-state index in [9.17, 15) is 0 Å². The van der Waals surface area contributed by atoms with Crippen LogP contribution in [-0.2, 0) is 8.85 Å². The van der Waals surface area contributed by atoms with Crippen molar-refractivity contribution in [3.05, 3.63) is 12.3 Å². The van der Waals surface area contributed by atoms with Crippen LogP contribution in [0.15, 0.2) is 12.3 Å². The second kappa shape index (κ2) is 9.13. The van der Waals surface area contributed by atoms with Gasteiger partial charge >= 0.3 is 8.56 Å². The molecular weight excluding hydrogens is 204 g/mol. The highest BCUT2D eigenvalue weighted by molar-refractivity contribution is 6.72. The van der Waals surface area contributed by atoms with Crippen LogP contribution in [0.25, 0.3) is 0 Å². The third-order valence-electron chi connectivity index (χ3n) is 2.49. The van der Waals surface area contributed by atoms with E-state index >= 15 is 0 Å². The molecule has 0 aliphatic rings. The van der Waals surface area contributed by atoms with Gasteiger partial charge in [-0.25, -0.2) is 0 Å². The van der Waals surface area contributed by atoms with E-state index in [-0.39, 0.29) is 0 Å². The Bertz CT molecular complexity index is 150. The maximum Gasteiger partial charge on any atom is 0.364 e. The van der Waals surface area contributed by atoms with Crippen molar-refractivity contribution in [3.8, 4) is 0 Å². The molecule has 0 N–H and O–H groups in total. The van der Waals surface area contributed by atoms with Gasteiger partial charge in [0.25, 0.3) is 0 Å². The first kappa shape index (κ1) is 14.9. The van der Waals surface area contributed by atoms with Gasteiger partial charge in [-0.15, -0.1) is 6.58 Å². The Labute approximate surface area is 95.9 Å². The molecule has 15 heavy (non-hydrogen) atoms. The molecule has 0 aliphatic carbocycles. The van der Waals surface area contributed by atoms with Crippen molar-refractivity contribution in [1.82, 2.24) is 0 Å².